The van der Waals surface area contributed by atoms with Gasteiger partial charge < -0.3 is 10.6 Å². The summed E-state index contributed by atoms with van der Waals surface area (Å²) >= 11 is 1.50. The minimum absolute atomic E-state index is 0.00731. The number of nitrogens with one attached hydrogen (secondary N) is 2. The predicted octanol–water partition coefficient (Wildman–Crippen LogP) is 4.61. The summed E-state index contributed by atoms with van der Waals surface area (Å²) in [5, 5.41) is 6.90. The average Bonchev–Trinajstić information content (AvgIpc) is 3.03. The molecule has 24 heavy (non-hydrogen) atoms. The molecule has 0 aliphatic carbocycles. The van der Waals surface area contributed by atoms with Crippen molar-refractivity contribution in [3.63, 3.8) is 0 Å². The summed E-state index contributed by atoms with van der Waals surface area (Å²) in [4.78, 5) is 21.3. The van der Waals surface area contributed by atoms with Crippen LogP contribution in [-0.4, -0.2) is 15.9 Å². The Kier molecular flexibility index (Phi) is 4.86. The first-order chi connectivity index (χ1) is 11.6. The molecule has 0 saturated heterocycles. The number of rotatable bonds is 5. The van der Waals surface area contributed by atoms with Gasteiger partial charge in [-0.3, -0.25) is 4.79 Å². The first-order valence-corrected chi connectivity index (χ1v) is 8.52. The quantitative estimate of drug-likeness (QED) is 0.713. The second kappa shape index (κ2) is 7.23. The van der Waals surface area contributed by atoms with Crippen LogP contribution in [0.4, 0.5) is 16.6 Å². The molecule has 0 aliphatic rings. The van der Waals surface area contributed by atoms with Crippen molar-refractivity contribution in [1.29, 1.82) is 0 Å². The molecule has 0 aliphatic heterocycles. The Bertz CT molecular complexity index is 859. The van der Waals surface area contributed by atoms with Crippen LogP contribution in [0, 0.1) is 6.92 Å². The van der Waals surface area contributed by atoms with Crippen LogP contribution >= 0.6 is 11.3 Å². The summed E-state index contributed by atoms with van der Waals surface area (Å²) < 4.78 is 0. The van der Waals surface area contributed by atoms with Gasteiger partial charge in [-0.05, 0) is 42.8 Å². The zero-order chi connectivity index (χ0) is 16.9. The lowest BCUT2D eigenvalue weighted by Crippen LogP contribution is -2.07. The smallest absolute Gasteiger partial charge is 0.227 e. The van der Waals surface area contributed by atoms with Gasteiger partial charge in [-0.1, -0.05) is 19.1 Å². The molecule has 6 heteroatoms. The summed E-state index contributed by atoms with van der Waals surface area (Å²) in [6, 6.07) is 13.8. The Morgan fingerprint density at radius 1 is 1.21 bits per heavy atom. The van der Waals surface area contributed by atoms with Crippen LogP contribution in [0.1, 0.15) is 18.9 Å². The molecule has 1 aromatic carbocycles. The van der Waals surface area contributed by atoms with Gasteiger partial charge in [-0.2, -0.15) is 0 Å². The lowest BCUT2D eigenvalue weighted by Gasteiger charge is -2.06. The normalized spacial score (nSPS) is 10.4. The van der Waals surface area contributed by atoms with Gasteiger partial charge in [0.2, 0.25) is 11.9 Å². The van der Waals surface area contributed by atoms with Crippen LogP contribution in [0.15, 0.2) is 48.7 Å². The summed E-state index contributed by atoms with van der Waals surface area (Å²) in [5.74, 6) is 0.554. The zero-order valence-electron chi connectivity index (χ0n) is 13.5. The Morgan fingerprint density at radius 2 is 2.08 bits per heavy atom. The number of hydrogen-bond acceptors (Lipinski definition) is 5. The summed E-state index contributed by atoms with van der Waals surface area (Å²) in [6.45, 7) is 3.87. The number of thiophene rings is 1. The van der Waals surface area contributed by atoms with E-state index in [1.54, 1.807) is 6.20 Å². The van der Waals surface area contributed by atoms with Gasteiger partial charge >= 0.3 is 0 Å². The number of nitrogens with zero attached hydrogens (tertiary/aromatic N) is 2. The fraction of sp³-hybridized carbons (Fsp3) is 0.167. The number of amides is 1. The summed E-state index contributed by atoms with van der Waals surface area (Å²) in [6.07, 6.45) is 2.19. The monoisotopic (exact) mass is 338 g/mol. The van der Waals surface area contributed by atoms with Crippen LogP contribution in [0.2, 0.25) is 0 Å². The van der Waals surface area contributed by atoms with Gasteiger partial charge in [0.25, 0.3) is 0 Å². The summed E-state index contributed by atoms with van der Waals surface area (Å²) in [7, 11) is 0. The Labute approximate surface area is 144 Å². The molecule has 2 N–H and O–H groups in total. The third-order valence-corrected chi connectivity index (χ3v) is 4.40. The summed E-state index contributed by atoms with van der Waals surface area (Å²) in [5.41, 5.74) is 2.95. The van der Waals surface area contributed by atoms with Crippen LogP contribution in [0.25, 0.3) is 10.6 Å². The molecule has 2 heterocycles. The van der Waals surface area contributed by atoms with E-state index in [9.17, 15) is 4.79 Å². The van der Waals surface area contributed by atoms with Crippen molar-refractivity contribution in [2.24, 2.45) is 0 Å². The van der Waals surface area contributed by atoms with Crippen LogP contribution in [0.5, 0.6) is 0 Å². The molecule has 0 spiro atoms. The standard InChI is InChI=1S/C18H18N4OS/c1-3-16(23)22-17-8-7-15(24-17)14-9-10-19-18(21-14)20-13-6-4-5-12(2)11-13/h4-11H,3H2,1-2H3,(H,22,23)(H,19,20,21). The van der Waals surface area contributed by atoms with Gasteiger partial charge in [0.15, 0.2) is 0 Å². The predicted molar refractivity (Wildman–Crippen MR) is 98.7 cm³/mol. The third-order valence-electron chi connectivity index (χ3n) is 3.37. The van der Waals surface area contributed by atoms with Crippen LogP contribution in [-0.2, 0) is 4.79 Å². The largest absolute Gasteiger partial charge is 0.324 e. The second-order valence-corrected chi connectivity index (χ2v) is 6.41. The molecular weight excluding hydrogens is 320 g/mol. The maximum atomic E-state index is 11.5. The van der Waals surface area contributed by atoms with E-state index >= 15 is 0 Å². The van der Waals surface area contributed by atoms with Crippen LogP contribution < -0.4 is 10.6 Å². The number of hydrogen-bond donors (Lipinski definition) is 2. The molecule has 0 unspecified atom stereocenters. The number of carbonyl (C=O) groups excluding carboxylic acids is 1. The molecule has 0 saturated carbocycles. The molecule has 0 bridgehead atoms. The van der Waals surface area contributed by atoms with Gasteiger partial charge in [0.05, 0.1) is 15.6 Å². The van der Waals surface area contributed by atoms with Crippen molar-refractivity contribution < 1.29 is 4.79 Å². The Hall–Kier alpha value is -2.73. The lowest BCUT2D eigenvalue weighted by atomic mass is 10.2. The molecule has 3 aromatic rings. The van der Waals surface area contributed by atoms with Crippen molar-refractivity contribution in [3.05, 3.63) is 54.2 Å². The van der Waals surface area contributed by atoms with Gasteiger partial charge in [0.1, 0.15) is 0 Å². The fourth-order valence-electron chi connectivity index (χ4n) is 2.18. The highest BCUT2D eigenvalue weighted by atomic mass is 32.1. The minimum atomic E-state index is 0.00731. The molecule has 0 radical (unpaired) electrons. The molecule has 5 nitrogen and oxygen atoms in total. The Balaban J connectivity index is 1.79. The number of aryl methyl sites for hydroxylation is 1. The first-order valence-electron chi connectivity index (χ1n) is 7.71. The van der Waals surface area contributed by atoms with Gasteiger partial charge in [0, 0.05) is 18.3 Å². The van der Waals surface area contributed by atoms with Crippen molar-refractivity contribution in [1.82, 2.24) is 9.97 Å². The lowest BCUT2D eigenvalue weighted by molar-refractivity contribution is -0.115. The highest BCUT2D eigenvalue weighted by Gasteiger charge is 2.08. The maximum absolute atomic E-state index is 11.5. The van der Waals surface area contributed by atoms with Crippen molar-refractivity contribution in [2.45, 2.75) is 20.3 Å². The van der Waals surface area contributed by atoms with Crippen LogP contribution in [0.3, 0.4) is 0 Å². The first kappa shape index (κ1) is 16.1. The molecule has 0 atom stereocenters. The van der Waals surface area contributed by atoms with Crippen molar-refractivity contribution in [2.75, 3.05) is 10.6 Å². The average molecular weight is 338 g/mol. The second-order valence-electron chi connectivity index (χ2n) is 5.33. The zero-order valence-corrected chi connectivity index (χ0v) is 14.4. The van der Waals surface area contributed by atoms with E-state index in [1.807, 2.05) is 56.3 Å². The topological polar surface area (TPSA) is 66.9 Å². The molecule has 2 aromatic heterocycles. The highest BCUT2D eigenvalue weighted by molar-refractivity contribution is 7.19. The van der Waals surface area contributed by atoms with E-state index in [0.29, 0.717) is 12.4 Å². The minimum Gasteiger partial charge on any atom is -0.324 e. The molecule has 3 rings (SSSR count). The number of anilines is 3. The van der Waals surface area contributed by atoms with E-state index in [-0.39, 0.29) is 5.91 Å². The number of aromatic nitrogens is 2. The fourth-order valence-corrected chi connectivity index (χ4v) is 3.07. The molecular formula is C18H18N4OS. The SMILES string of the molecule is CCC(=O)Nc1ccc(-c2ccnc(Nc3cccc(C)c3)n2)s1. The van der Waals surface area contributed by atoms with Crippen molar-refractivity contribution in [3.8, 4) is 10.6 Å². The highest BCUT2D eigenvalue weighted by Crippen LogP contribution is 2.30. The van der Waals surface area contributed by atoms with E-state index in [2.05, 4.69) is 20.6 Å². The third kappa shape index (κ3) is 3.97. The molecule has 122 valence electrons. The van der Waals surface area contributed by atoms with E-state index in [1.165, 1.54) is 16.9 Å². The maximum Gasteiger partial charge on any atom is 0.227 e. The van der Waals surface area contributed by atoms with E-state index < -0.39 is 0 Å². The van der Waals surface area contributed by atoms with Gasteiger partial charge in [-0.15, -0.1) is 11.3 Å². The van der Waals surface area contributed by atoms with Crippen molar-refractivity contribution >= 4 is 33.9 Å². The molecule has 0 fully saturated rings. The number of carbonyl (C=O) groups is 1. The Morgan fingerprint density at radius 3 is 2.88 bits per heavy atom. The van der Waals surface area contributed by atoms with E-state index in [4.69, 9.17) is 0 Å². The number of benzene rings is 1. The van der Waals surface area contributed by atoms with E-state index in [0.717, 1.165) is 21.3 Å². The molecule has 1 amide bonds. The van der Waals surface area contributed by atoms with Gasteiger partial charge in [-0.25, -0.2) is 9.97 Å².